The van der Waals surface area contributed by atoms with Gasteiger partial charge < -0.3 is 5.32 Å². The molecule has 1 N–H and O–H groups in total. The number of nitrogens with zero attached hydrogens (tertiary/aromatic N) is 2. The van der Waals surface area contributed by atoms with E-state index in [0.717, 1.165) is 37.9 Å². The molecule has 1 aliphatic heterocycles. The van der Waals surface area contributed by atoms with Gasteiger partial charge in [-0.05, 0) is 61.9 Å². The Morgan fingerprint density at radius 2 is 1.79 bits per heavy atom. The lowest BCUT2D eigenvalue weighted by Crippen LogP contribution is -2.45. The third-order valence-corrected chi connectivity index (χ3v) is 6.16. The molecule has 1 heterocycles. The molecule has 0 radical (unpaired) electrons. The fourth-order valence-corrected chi connectivity index (χ4v) is 4.73. The van der Waals surface area contributed by atoms with Crippen molar-refractivity contribution in [1.82, 2.24) is 10.2 Å². The Morgan fingerprint density at radius 3 is 2.52 bits per heavy atom. The van der Waals surface area contributed by atoms with Crippen molar-refractivity contribution < 1.29 is 9.72 Å². The van der Waals surface area contributed by atoms with Crippen molar-refractivity contribution in [3.05, 3.63) is 75.3 Å². The van der Waals surface area contributed by atoms with E-state index in [1.54, 1.807) is 12.1 Å². The highest BCUT2D eigenvalue weighted by Crippen LogP contribution is 2.33. The second-order valence-electron chi connectivity index (χ2n) is 8.05. The smallest absolute Gasteiger partial charge is 0.269 e. The Labute approximate surface area is 171 Å². The van der Waals surface area contributed by atoms with Crippen molar-refractivity contribution in [1.29, 1.82) is 0 Å². The predicted molar refractivity (Wildman–Crippen MR) is 112 cm³/mol. The second-order valence-corrected chi connectivity index (χ2v) is 8.05. The van der Waals surface area contributed by atoms with Gasteiger partial charge in [0.1, 0.15) is 0 Å². The van der Waals surface area contributed by atoms with Crippen LogP contribution in [0.5, 0.6) is 0 Å². The first-order chi connectivity index (χ1) is 14.1. The number of amides is 1. The van der Waals surface area contributed by atoms with Crippen LogP contribution < -0.4 is 5.32 Å². The number of benzene rings is 2. The number of nitro benzene ring substituents is 1. The number of carbonyl (C=O) groups excluding carboxylic acids is 1. The van der Waals surface area contributed by atoms with Gasteiger partial charge in [0.25, 0.3) is 5.69 Å². The average Bonchev–Trinajstić information content (AvgIpc) is 3.19. The molecular formula is C23H27N3O3. The van der Waals surface area contributed by atoms with E-state index in [1.165, 1.54) is 36.1 Å². The molecule has 2 aromatic carbocycles. The van der Waals surface area contributed by atoms with Crippen molar-refractivity contribution in [3.8, 4) is 0 Å². The predicted octanol–water partition coefficient (Wildman–Crippen LogP) is 3.80. The summed E-state index contributed by atoms with van der Waals surface area (Å²) in [5.41, 5.74) is 3.39. The maximum atomic E-state index is 12.9. The van der Waals surface area contributed by atoms with Gasteiger partial charge >= 0.3 is 0 Å². The van der Waals surface area contributed by atoms with Gasteiger partial charge in [-0.15, -0.1) is 0 Å². The molecule has 0 saturated carbocycles. The van der Waals surface area contributed by atoms with Crippen LogP contribution in [0, 0.1) is 10.1 Å². The minimum Gasteiger partial charge on any atom is -0.347 e. The normalized spacial score (nSPS) is 21.9. The molecular weight excluding hydrogens is 366 g/mol. The molecule has 6 heteroatoms. The lowest BCUT2D eigenvalue weighted by molar-refractivity contribution is -0.384. The fraction of sp³-hybridized carbons (Fsp3) is 0.435. The standard InChI is InChI=1S/C23H27N3O3/c27-22(16-17-10-12-19(13-11-17)26(28)29)24-23-20-8-2-1-6-18(20)7-5-9-21(23)25-14-3-4-15-25/h1-2,6,8,10-13,21,23H,3-5,7,9,14-16H2,(H,24,27). The molecule has 0 bridgehead atoms. The summed E-state index contributed by atoms with van der Waals surface area (Å²) in [5, 5.41) is 14.1. The van der Waals surface area contributed by atoms with E-state index in [1.807, 2.05) is 0 Å². The molecule has 0 aromatic heterocycles. The maximum absolute atomic E-state index is 12.9. The van der Waals surface area contributed by atoms with Crippen LogP contribution in [-0.4, -0.2) is 34.9 Å². The van der Waals surface area contributed by atoms with Gasteiger partial charge in [-0.3, -0.25) is 19.8 Å². The fourth-order valence-electron chi connectivity index (χ4n) is 4.73. The van der Waals surface area contributed by atoms with Crippen molar-refractivity contribution in [3.63, 3.8) is 0 Å². The quantitative estimate of drug-likeness (QED) is 0.476. The molecule has 1 aliphatic carbocycles. The average molecular weight is 393 g/mol. The van der Waals surface area contributed by atoms with Gasteiger partial charge in [-0.2, -0.15) is 0 Å². The number of carbonyl (C=O) groups is 1. The van der Waals surface area contributed by atoms with Crippen molar-refractivity contribution in [2.75, 3.05) is 13.1 Å². The summed E-state index contributed by atoms with van der Waals surface area (Å²) in [7, 11) is 0. The number of non-ortho nitro benzene ring substituents is 1. The minimum absolute atomic E-state index is 0.0163. The highest BCUT2D eigenvalue weighted by molar-refractivity contribution is 5.79. The second kappa shape index (κ2) is 8.74. The molecule has 1 amide bonds. The molecule has 1 fully saturated rings. The monoisotopic (exact) mass is 393 g/mol. The van der Waals surface area contributed by atoms with Gasteiger partial charge in [0.05, 0.1) is 17.4 Å². The van der Waals surface area contributed by atoms with E-state index in [0.29, 0.717) is 6.04 Å². The molecule has 6 nitrogen and oxygen atoms in total. The Balaban J connectivity index is 1.54. The number of fused-ring (bicyclic) bond motifs is 1. The number of aryl methyl sites for hydroxylation is 1. The van der Waals surface area contributed by atoms with Gasteiger partial charge in [-0.1, -0.05) is 36.4 Å². The molecule has 2 aromatic rings. The zero-order valence-corrected chi connectivity index (χ0v) is 16.5. The first-order valence-electron chi connectivity index (χ1n) is 10.5. The summed E-state index contributed by atoms with van der Waals surface area (Å²) in [6, 6.07) is 15.0. The molecule has 29 heavy (non-hydrogen) atoms. The third kappa shape index (κ3) is 4.48. The van der Waals surface area contributed by atoms with Crippen molar-refractivity contribution in [2.45, 2.75) is 50.6 Å². The first-order valence-corrected chi connectivity index (χ1v) is 10.5. The first kappa shape index (κ1) is 19.6. The Morgan fingerprint density at radius 1 is 1.07 bits per heavy atom. The number of nitro groups is 1. The van der Waals surface area contributed by atoms with Crippen LogP contribution in [0.2, 0.25) is 0 Å². The number of nitrogens with one attached hydrogen (secondary N) is 1. The summed E-state index contributed by atoms with van der Waals surface area (Å²) in [5.74, 6) is -0.0373. The minimum atomic E-state index is -0.424. The molecule has 2 unspecified atom stereocenters. The number of rotatable bonds is 5. The van der Waals surface area contributed by atoms with Crippen molar-refractivity contribution >= 4 is 11.6 Å². The molecule has 152 valence electrons. The lowest BCUT2D eigenvalue weighted by Gasteiger charge is -2.34. The summed E-state index contributed by atoms with van der Waals surface area (Å²) in [6.45, 7) is 2.20. The zero-order chi connectivity index (χ0) is 20.2. The van der Waals surface area contributed by atoms with Crippen LogP contribution in [0.1, 0.15) is 48.4 Å². The van der Waals surface area contributed by atoms with E-state index in [-0.39, 0.29) is 24.1 Å². The maximum Gasteiger partial charge on any atom is 0.269 e. The molecule has 1 saturated heterocycles. The zero-order valence-electron chi connectivity index (χ0n) is 16.5. The Kier molecular flexibility index (Phi) is 5.90. The molecule has 2 aliphatic rings. The summed E-state index contributed by atoms with van der Waals surface area (Å²) >= 11 is 0. The Hall–Kier alpha value is -2.73. The van der Waals surface area contributed by atoms with E-state index >= 15 is 0 Å². The van der Waals surface area contributed by atoms with Gasteiger partial charge in [-0.25, -0.2) is 0 Å². The lowest BCUT2D eigenvalue weighted by atomic mass is 9.94. The van der Waals surface area contributed by atoms with Gasteiger partial charge in [0.15, 0.2) is 0 Å². The van der Waals surface area contributed by atoms with Gasteiger partial charge in [0.2, 0.25) is 5.91 Å². The SMILES string of the molecule is O=C(Cc1ccc([N+](=O)[O-])cc1)NC1c2ccccc2CCCC1N1CCCC1. The largest absolute Gasteiger partial charge is 0.347 e. The van der Waals surface area contributed by atoms with E-state index in [2.05, 4.69) is 34.5 Å². The summed E-state index contributed by atoms with van der Waals surface area (Å²) in [6.07, 6.45) is 5.94. The van der Waals surface area contributed by atoms with Crippen LogP contribution >= 0.6 is 0 Å². The number of hydrogen-bond acceptors (Lipinski definition) is 4. The van der Waals surface area contributed by atoms with Crippen LogP contribution in [0.4, 0.5) is 5.69 Å². The van der Waals surface area contributed by atoms with E-state index < -0.39 is 4.92 Å². The third-order valence-electron chi connectivity index (χ3n) is 6.16. The van der Waals surface area contributed by atoms with Crippen LogP contribution in [0.25, 0.3) is 0 Å². The summed E-state index contributed by atoms with van der Waals surface area (Å²) < 4.78 is 0. The number of likely N-dealkylation sites (tertiary alicyclic amines) is 1. The van der Waals surface area contributed by atoms with E-state index in [9.17, 15) is 14.9 Å². The van der Waals surface area contributed by atoms with Gasteiger partial charge in [0, 0.05) is 18.2 Å². The number of hydrogen-bond donors (Lipinski definition) is 1. The van der Waals surface area contributed by atoms with Crippen LogP contribution in [0.3, 0.4) is 0 Å². The Bertz CT molecular complexity index is 875. The summed E-state index contributed by atoms with van der Waals surface area (Å²) in [4.78, 5) is 25.9. The van der Waals surface area contributed by atoms with Crippen LogP contribution in [0.15, 0.2) is 48.5 Å². The molecule has 0 spiro atoms. The highest BCUT2D eigenvalue weighted by atomic mass is 16.6. The molecule has 4 rings (SSSR count). The van der Waals surface area contributed by atoms with E-state index in [4.69, 9.17) is 0 Å². The van der Waals surface area contributed by atoms with Crippen LogP contribution in [-0.2, 0) is 17.6 Å². The molecule has 2 atom stereocenters. The highest BCUT2D eigenvalue weighted by Gasteiger charge is 2.34. The topological polar surface area (TPSA) is 75.5 Å². The van der Waals surface area contributed by atoms with Crippen molar-refractivity contribution in [2.24, 2.45) is 0 Å².